The second-order valence-electron chi connectivity index (χ2n) is 15.8. The number of aromatic nitrogens is 1. The van der Waals surface area contributed by atoms with E-state index in [1.165, 1.54) is 55.2 Å². The van der Waals surface area contributed by atoms with Gasteiger partial charge in [-0.15, -0.1) is 0 Å². The lowest BCUT2D eigenvalue weighted by molar-refractivity contribution is 0.603. The molecule has 0 unspecified atom stereocenters. The number of benzene rings is 7. The number of para-hydroxylation sites is 2. The van der Waals surface area contributed by atoms with Gasteiger partial charge in [0.1, 0.15) is 11.3 Å². The van der Waals surface area contributed by atoms with Crippen LogP contribution in [0.4, 0.5) is 17.1 Å². The van der Waals surface area contributed by atoms with Crippen LogP contribution in [-0.4, -0.2) is 4.57 Å². The Labute approximate surface area is 332 Å². The molecule has 11 rings (SSSR count). The third-order valence-electron chi connectivity index (χ3n) is 12.2. The minimum absolute atomic E-state index is 0.129. The van der Waals surface area contributed by atoms with Gasteiger partial charge in [-0.25, -0.2) is 0 Å². The van der Waals surface area contributed by atoms with Crippen molar-refractivity contribution in [2.45, 2.75) is 26.2 Å². The summed E-state index contributed by atoms with van der Waals surface area (Å²) in [6.07, 6.45) is 10.5. The van der Waals surface area contributed by atoms with E-state index in [0.717, 1.165) is 56.2 Å². The molecule has 9 aromatic rings. The van der Waals surface area contributed by atoms with Crippen LogP contribution in [0.25, 0.3) is 85.0 Å². The molecule has 3 nitrogen and oxygen atoms in total. The molecule has 0 radical (unpaired) electrons. The monoisotopic (exact) mass is 732 g/mol. The number of furan rings is 1. The van der Waals surface area contributed by atoms with Crippen LogP contribution in [0.15, 0.2) is 163 Å². The van der Waals surface area contributed by atoms with Gasteiger partial charge in [-0.05, 0) is 119 Å². The maximum absolute atomic E-state index is 6.40. The summed E-state index contributed by atoms with van der Waals surface area (Å²) >= 11 is 0. The van der Waals surface area contributed by atoms with Crippen molar-refractivity contribution in [2.75, 3.05) is 4.90 Å². The molecule has 2 aliphatic rings. The fourth-order valence-corrected chi connectivity index (χ4v) is 9.50. The van der Waals surface area contributed by atoms with Gasteiger partial charge in [-0.3, -0.25) is 0 Å². The van der Waals surface area contributed by atoms with E-state index in [0.29, 0.717) is 0 Å². The molecule has 57 heavy (non-hydrogen) atoms. The first-order valence-electron chi connectivity index (χ1n) is 19.7. The number of hydrogen-bond donors (Lipinski definition) is 0. The van der Waals surface area contributed by atoms with Crippen LogP contribution >= 0.6 is 0 Å². The minimum atomic E-state index is -0.129. The van der Waals surface area contributed by atoms with Gasteiger partial charge in [-0.2, -0.15) is 0 Å². The SMILES string of the molecule is C=Cc1oc2cc3c(cc2c1/C=C\C)N(c1ccc2c(c1)C(C)(C)c1ccccc1-2)c1ccc(-c2ccc4c(c2)c2ccccc2n4-c2ccccc2)cc1C=C3. The highest BCUT2D eigenvalue weighted by atomic mass is 16.3. The Hall–Kier alpha value is -7.10. The molecule has 1 aliphatic carbocycles. The summed E-state index contributed by atoms with van der Waals surface area (Å²) in [5, 5.41) is 3.56. The molecule has 0 N–H and O–H groups in total. The lowest BCUT2D eigenvalue weighted by Gasteiger charge is -2.29. The highest BCUT2D eigenvalue weighted by molar-refractivity contribution is 6.11. The van der Waals surface area contributed by atoms with Crippen molar-refractivity contribution in [1.29, 1.82) is 0 Å². The topological polar surface area (TPSA) is 21.3 Å². The van der Waals surface area contributed by atoms with Crippen molar-refractivity contribution in [3.05, 3.63) is 192 Å². The average Bonchev–Trinajstić information content (AvgIpc) is 3.80. The Morgan fingerprint density at radius 1 is 0.579 bits per heavy atom. The summed E-state index contributed by atoms with van der Waals surface area (Å²) in [6.45, 7) is 10.8. The third kappa shape index (κ3) is 4.92. The fourth-order valence-electron chi connectivity index (χ4n) is 9.50. The molecule has 3 heteroatoms. The molecule has 2 aromatic heterocycles. The average molecular weight is 733 g/mol. The molecule has 0 saturated heterocycles. The quantitative estimate of drug-likeness (QED) is 0.176. The standard InChI is InChI=1S/C54H40N2O/c1-5-14-43-45-33-51-37(31-53(45)57-52(43)6-2)22-21-36-29-34(35-24-28-50-44(30-35)42-18-11-13-20-49(42)55(50)38-15-8-7-9-16-38)23-27-48(36)56(51)39-25-26-41-40-17-10-12-19-46(40)54(3,4)47(41)32-39/h5-33H,2H2,1,3-4H3/b14-5-. The van der Waals surface area contributed by atoms with Gasteiger partial charge in [0.25, 0.3) is 0 Å². The molecular weight excluding hydrogens is 693 g/mol. The summed E-state index contributed by atoms with van der Waals surface area (Å²) < 4.78 is 8.77. The van der Waals surface area contributed by atoms with Crippen molar-refractivity contribution in [1.82, 2.24) is 4.57 Å². The van der Waals surface area contributed by atoms with E-state index in [9.17, 15) is 0 Å². The zero-order valence-electron chi connectivity index (χ0n) is 32.3. The molecule has 272 valence electrons. The number of anilines is 3. The van der Waals surface area contributed by atoms with E-state index < -0.39 is 0 Å². The smallest absolute Gasteiger partial charge is 0.136 e. The van der Waals surface area contributed by atoms with E-state index in [-0.39, 0.29) is 5.41 Å². The van der Waals surface area contributed by atoms with Crippen LogP contribution in [0.2, 0.25) is 0 Å². The Kier molecular flexibility index (Phi) is 7.27. The highest BCUT2D eigenvalue weighted by Crippen LogP contribution is 2.52. The Bertz CT molecular complexity index is 3190. The van der Waals surface area contributed by atoms with Crippen molar-refractivity contribution in [3.8, 4) is 27.9 Å². The first-order valence-corrected chi connectivity index (χ1v) is 19.7. The minimum Gasteiger partial charge on any atom is -0.456 e. The zero-order chi connectivity index (χ0) is 38.4. The second-order valence-corrected chi connectivity index (χ2v) is 15.8. The summed E-state index contributed by atoms with van der Waals surface area (Å²) in [5.74, 6) is 0.782. The number of rotatable bonds is 5. The molecule has 0 spiro atoms. The summed E-state index contributed by atoms with van der Waals surface area (Å²) in [5.41, 5.74) is 18.6. The Morgan fingerprint density at radius 2 is 1.30 bits per heavy atom. The molecular formula is C54H40N2O. The van der Waals surface area contributed by atoms with Crippen molar-refractivity contribution in [3.63, 3.8) is 0 Å². The molecule has 0 amide bonds. The predicted molar refractivity (Wildman–Crippen MR) is 242 cm³/mol. The molecule has 0 fully saturated rings. The van der Waals surface area contributed by atoms with Crippen LogP contribution in [0.3, 0.4) is 0 Å². The van der Waals surface area contributed by atoms with Crippen molar-refractivity contribution in [2.24, 2.45) is 0 Å². The van der Waals surface area contributed by atoms with Gasteiger partial charge in [0.2, 0.25) is 0 Å². The third-order valence-corrected chi connectivity index (χ3v) is 12.2. The molecule has 7 aromatic carbocycles. The highest BCUT2D eigenvalue weighted by Gasteiger charge is 2.36. The van der Waals surface area contributed by atoms with Crippen LogP contribution < -0.4 is 4.90 Å². The van der Waals surface area contributed by atoms with Crippen LogP contribution in [0.1, 0.15) is 54.3 Å². The molecule has 3 heterocycles. The Balaban J connectivity index is 1.11. The van der Waals surface area contributed by atoms with Gasteiger partial charge in [0.05, 0.1) is 22.4 Å². The van der Waals surface area contributed by atoms with Gasteiger partial charge >= 0.3 is 0 Å². The first kappa shape index (κ1) is 33.3. The fraction of sp³-hybridized carbons (Fsp3) is 0.0741. The number of nitrogens with zero attached hydrogens (tertiary/aromatic N) is 2. The van der Waals surface area contributed by atoms with Crippen LogP contribution in [0, 0.1) is 0 Å². The van der Waals surface area contributed by atoms with Gasteiger partial charge in [-0.1, -0.05) is 124 Å². The lowest BCUT2D eigenvalue weighted by Crippen LogP contribution is -2.17. The van der Waals surface area contributed by atoms with E-state index >= 15 is 0 Å². The Morgan fingerprint density at radius 3 is 2.14 bits per heavy atom. The van der Waals surface area contributed by atoms with Crippen LogP contribution in [0.5, 0.6) is 0 Å². The van der Waals surface area contributed by atoms with E-state index in [4.69, 9.17) is 4.42 Å². The number of hydrogen-bond acceptors (Lipinski definition) is 2. The van der Waals surface area contributed by atoms with Gasteiger partial charge in [0, 0.05) is 44.1 Å². The lowest BCUT2D eigenvalue weighted by atomic mass is 9.82. The van der Waals surface area contributed by atoms with Crippen molar-refractivity contribution < 1.29 is 4.42 Å². The van der Waals surface area contributed by atoms with Gasteiger partial charge in [0.15, 0.2) is 0 Å². The van der Waals surface area contributed by atoms with E-state index in [1.54, 1.807) is 0 Å². The summed E-state index contributed by atoms with van der Waals surface area (Å²) in [4.78, 5) is 2.45. The molecule has 0 saturated carbocycles. The van der Waals surface area contributed by atoms with Gasteiger partial charge < -0.3 is 13.9 Å². The summed E-state index contributed by atoms with van der Waals surface area (Å²) in [6, 6.07) is 53.6. The second kappa shape index (κ2) is 12.5. The molecule has 1 aliphatic heterocycles. The molecule has 0 bridgehead atoms. The number of allylic oxidation sites excluding steroid dienone is 1. The first-order chi connectivity index (χ1) is 27.9. The normalized spacial score (nSPS) is 13.9. The number of fused-ring (bicyclic) bond motifs is 9. The predicted octanol–water partition coefficient (Wildman–Crippen LogP) is 15.1. The van der Waals surface area contributed by atoms with E-state index in [2.05, 4.69) is 200 Å². The maximum atomic E-state index is 6.40. The maximum Gasteiger partial charge on any atom is 0.136 e. The van der Waals surface area contributed by atoms with Crippen molar-refractivity contribution >= 4 is 74.1 Å². The van der Waals surface area contributed by atoms with Crippen LogP contribution in [-0.2, 0) is 5.41 Å². The molecule has 0 atom stereocenters. The zero-order valence-corrected chi connectivity index (χ0v) is 32.3. The summed E-state index contributed by atoms with van der Waals surface area (Å²) in [7, 11) is 0. The largest absolute Gasteiger partial charge is 0.456 e. The van der Waals surface area contributed by atoms with E-state index in [1.807, 2.05) is 13.0 Å².